The van der Waals surface area contributed by atoms with Gasteiger partial charge in [0.15, 0.2) is 5.82 Å². The zero-order valence-electron chi connectivity index (χ0n) is 11.0. The molecule has 4 heteroatoms. The average molecular weight is 230 g/mol. The van der Waals surface area contributed by atoms with Crippen molar-refractivity contribution in [2.75, 3.05) is 12.4 Å². The van der Waals surface area contributed by atoms with E-state index in [0.29, 0.717) is 0 Å². The first-order valence-electron chi connectivity index (χ1n) is 5.70. The zero-order chi connectivity index (χ0) is 12.6. The fourth-order valence-corrected chi connectivity index (χ4v) is 2.30. The molecule has 0 saturated carbocycles. The van der Waals surface area contributed by atoms with Crippen LogP contribution in [-0.4, -0.2) is 21.8 Å². The molecule has 1 N–H and O–H groups in total. The zero-order valence-corrected chi connectivity index (χ0v) is 11.0. The van der Waals surface area contributed by atoms with Crippen molar-refractivity contribution in [1.82, 2.24) is 14.8 Å². The smallest absolute Gasteiger partial charge is 0.224 e. The molecule has 90 valence electrons. The normalized spacial score (nSPS) is 10.6. The number of rotatable bonds is 2. The van der Waals surface area contributed by atoms with Crippen LogP contribution in [-0.2, 0) is 7.05 Å². The first-order chi connectivity index (χ1) is 8.04. The second-order valence-electron chi connectivity index (χ2n) is 4.43. The Morgan fingerprint density at radius 1 is 1.06 bits per heavy atom. The fraction of sp³-hybridized carbons (Fsp3) is 0.385. The van der Waals surface area contributed by atoms with Crippen LogP contribution in [0.1, 0.15) is 16.7 Å². The summed E-state index contributed by atoms with van der Waals surface area (Å²) in [5.74, 6) is 1.68. The number of nitrogens with zero attached hydrogens (tertiary/aromatic N) is 3. The van der Waals surface area contributed by atoms with E-state index < -0.39 is 0 Å². The Labute approximate surface area is 102 Å². The van der Waals surface area contributed by atoms with Crippen molar-refractivity contribution < 1.29 is 0 Å². The van der Waals surface area contributed by atoms with E-state index in [4.69, 9.17) is 0 Å². The highest BCUT2D eigenvalue weighted by molar-refractivity contribution is 5.66. The van der Waals surface area contributed by atoms with Crippen molar-refractivity contribution in [1.29, 1.82) is 0 Å². The van der Waals surface area contributed by atoms with Crippen LogP contribution >= 0.6 is 0 Å². The molecule has 0 atom stereocenters. The number of benzene rings is 1. The summed E-state index contributed by atoms with van der Waals surface area (Å²) in [4.78, 5) is 0. The molecule has 0 saturated heterocycles. The molecule has 1 aromatic carbocycles. The highest BCUT2D eigenvalue weighted by Gasteiger charge is 2.14. The summed E-state index contributed by atoms with van der Waals surface area (Å²) >= 11 is 0. The van der Waals surface area contributed by atoms with Gasteiger partial charge < -0.3 is 5.32 Å². The number of aryl methyl sites for hydroxylation is 3. The molecule has 0 aliphatic carbocycles. The van der Waals surface area contributed by atoms with Gasteiger partial charge in [-0.05, 0) is 31.9 Å². The SMILES string of the molecule is CNc1nnc(-c2c(C)cc(C)cc2C)n1C. The van der Waals surface area contributed by atoms with Gasteiger partial charge in [-0.3, -0.25) is 4.57 Å². The van der Waals surface area contributed by atoms with E-state index in [9.17, 15) is 0 Å². The van der Waals surface area contributed by atoms with Crippen LogP contribution in [0.5, 0.6) is 0 Å². The van der Waals surface area contributed by atoms with E-state index in [-0.39, 0.29) is 0 Å². The minimum atomic E-state index is 0.777. The Morgan fingerprint density at radius 3 is 2.12 bits per heavy atom. The number of hydrogen-bond acceptors (Lipinski definition) is 3. The lowest BCUT2D eigenvalue weighted by molar-refractivity contribution is 0.922. The molecule has 4 nitrogen and oxygen atoms in total. The maximum Gasteiger partial charge on any atom is 0.224 e. The predicted molar refractivity (Wildman–Crippen MR) is 70.2 cm³/mol. The second kappa shape index (κ2) is 4.20. The Kier molecular flexibility index (Phi) is 2.88. The van der Waals surface area contributed by atoms with Crippen LogP contribution in [0, 0.1) is 20.8 Å². The molecule has 1 aromatic heterocycles. The third kappa shape index (κ3) is 1.90. The minimum Gasteiger partial charge on any atom is -0.357 e. The molecule has 1 heterocycles. The van der Waals surface area contributed by atoms with E-state index in [0.717, 1.165) is 11.8 Å². The van der Waals surface area contributed by atoms with E-state index >= 15 is 0 Å². The summed E-state index contributed by atoms with van der Waals surface area (Å²) in [7, 11) is 3.82. The van der Waals surface area contributed by atoms with Crippen molar-refractivity contribution in [3.8, 4) is 11.4 Å². The Balaban J connectivity index is 2.64. The molecule has 2 aromatic rings. The highest BCUT2D eigenvalue weighted by Crippen LogP contribution is 2.27. The van der Waals surface area contributed by atoms with Gasteiger partial charge in [-0.25, -0.2) is 0 Å². The van der Waals surface area contributed by atoms with E-state index in [1.54, 1.807) is 0 Å². The Bertz CT molecular complexity index is 532. The monoisotopic (exact) mass is 230 g/mol. The number of hydrogen-bond donors (Lipinski definition) is 1. The molecule has 0 amide bonds. The van der Waals surface area contributed by atoms with Crippen molar-refractivity contribution in [2.45, 2.75) is 20.8 Å². The molecule has 0 radical (unpaired) electrons. The standard InChI is InChI=1S/C13H18N4/c1-8-6-9(2)11(10(3)7-8)12-15-16-13(14-4)17(12)5/h6-7H,1-5H3,(H,14,16). The van der Waals surface area contributed by atoms with Gasteiger partial charge in [0, 0.05) is 19.7 Å². The van der Waals surface area contributed by atoms with Crippen molar-refractivity contribution in [2.24, 2.45) is 7.05 Å². The maximum absolute atomic E-state index is 4.26. The molecular weight excluding hydrogens is 212 g/mol. The predicted octanol–water partition coefficient (Wildman–Crippen LogP) is 2.45. The second-order valence-corrected chi connectivity index (χ2v) is 4.43. The number of nitrogens with one attached hydrogen (secondary N) is 1. The van der Waals surface area contributed by atoms with Crippen molar-refractivity contribution >= 4 is 5.95 Å². The molecule has 0 unspecified atom stereocenters. The topological polar surface area (TPSA) is 42.7 Å². The first kappa shape index (κ1) is 11.6. The lowest BCUT2D eigenvalue weighted by atomic mass is 9.99. The van der Waals surface area contributed by atoms with Gasteiger partial charge in [-0.1, -0.05) is 17.7 Å². The van der Waals surface area contributed by atoms with Crippen LogP contribution in [0.3, 0.4) is 0 Å². The molecule has 17 heavy (non-hydrogen) atoms. The molecule has 2 rings (SSSR count). The number of anilines is 1. The van der Waals surface area contributed by atoms with Crippen molar-refractivity contribution in [3.05, 3.63) is 28.8 Å². The van der Waals surface area contributed by atoms with E-state index in [2.05, 4.69) is 48.4 Å². The van der Waals surface area contributed by atoms with Gasteiger partial charge in [0.05, 0.1) is 0 Å². The number of aromatic nitrogens is 3. The lowest BCUT2D eigenvalue weighted by Gasteiger charge is -2.10. The average Bonchev–Trinajstić information content (AvgIpc) is 2.59. The summed E-state index contributed by atoms with van der Waals surface area (Å²) in [5, 5.41) is 11.4. The molecule has 0 fully saturated rings. The van der Waals surface area contributed by atoms with Crippen LogP contribution in [0.2, 0.25) is 0 Å². The summed E-state index contributed by atoms with van der Waals surface area (Å²) in [6, 6.07) is 4.35. The molecule has 0 aliphatic rings. The third-order valence-corrected chi connectivity index (χ3v) is 3.00. The van der Waals surface area contributed by atoms with Gasteiger partial charge in [0.2, 0.25) is 5.95 Å². The van der Waals surface area contributed by atoms with Crippen LogP contribution < -0.4 is 5.32 Å². The maximum atomic E-state index is 4.26. The molecule has 0 aliphatic heterocycles. The molecular formula is C13H18N4. The van der Waals surface area contributed by atoms with Gasteiger partial charge in [-0.15, -0.1) is 10.2 Å². The summed E-state index contributed by atoms with van der Waals surface area (Å²) in [6.07, 6.45) is 0. The quantitative estimate of drug-likeness (QED) is 0.861. The summed E-state index contributed by atoms with van der Waals surface area (Å²) in [5.41, 5.74) is 4.92. The van der Waals surface area contributed by atoms with Crippen LogP contribution in [0.25, 0.3) is 11.4 Å². The first-order valence-corrected chi connectivity index (χ1v) is 5.70. The largest absolute Gasteiger partial charge is 0.357 e. The third-order valence-electron chi connectivity index (χ3n) is 3.00. The van der Waals surface area contributed by atoms with E-state index in [1.807, 2.05) is 18.7 Å². The fourth-order valence-electron chi connectivity index (χ4n) is 2.30. The molecule has 0 spiro atoms. The van der Waals surface area contributed by atoms with Gasteiger partial charge in [-0.2, -0.15) is 0 Å². The Hall–Kier alpha value is -1.84. The summed E-state index contributed by atoms with van der Waals surface area (Å²) < 4.78 is 1.98. The van der Waals surface area contributed by atoms with E-state index in [1.165, 1.54) is 22.3 Å². The summed E-state index contributed by atoms with van der Waals surface area (Å²) in [6.45, 7) is 6.34. The highest BCUT2D eigenvalue weighted by atomic mass is 15.3. The molecule has 0 bridgehead atoms. The Morgan fingerprint density at radius 2 is 1.65 bits per heavy atom. The van der Waals surface area contributed by atoms with Crippen LogP contribution in [0.4, 0.5) is 5.95 Å². The van der Waals surface area contributed by atoms with Gasteiger partial charge in [0.1, 0.15) is 0 Å². The van der Waals surface area contributed by atoms with Crippen LogP contribution in [0.15, 0.2) is 12.1 Å². The van der Waals surface area contributed by atoms with Gasteiger partial charge in [0.25, 0.3) is 0 Å². The minimum absolute atomic E-state index is 0.777. The lowest BCUT2D eigenvalue weighted by Crippen LogP contribution is -2.01. The van der Waals surface area contributed by atoms with Gasteiger partial charge >= 0.3 is 0 Å². The van der Waals surface area contributed by atoms with Crippen molar-refractivity contribution in [3.63, 3.8) is 0 Å².